The van der Waals surface area contributed by atoms with E-state index in [1.807, 2.05) is 6.07 Å². The Morgan fingerprint density at radius 3 is 2.50 bits per heavy atom. The van der Waals surface area contributed by atoms with E-state index in [4.69, 9.17) is 0 Å². The van der Waals surface area contributed by atoms with Crippen molar-refractivity contribution in [3.8, 4) is 0 Å². The molecule has 0 saturated heterocycles. The minimum atomic E-state index is -0.190. The van der Waals surface area contributed by atoms with Gasteiger partial charge in [-0.05, 0) is 6.07 Å². The largest absolute Gasteiger partial charge is 0.347 e. The summed E-state index contributed by atoms with van der Waals surface area (Å²) in [6.07, 6.45) is 1.52. The minimum Gasteiger partial charge on any atom is -0.347 e. The average molecular weight is 212 g/mol. The van der Waals surface area contributed by atoms with Gasteiger partial charge in [0.1, 0.15) is 5.65 Å². The summed E-state index contributed by atoms with van der Waals surface area (Å²) >= 11 is 0. The first-order chi connectivity index (χ1) is 7.77. The number of aromatic nitrogens is 2. The lowest BCUT2D eigenvalue weighted by Gasteiger charge is -2.01. The number of pyridine rings is 2. The summed E-state index contributed by atoms with van der Waals surface area (Å²) in [6, 6.07) is 8.53. The summed E-state index contributed by atoms with van der Waals surface area (Å²) in [5.41, 5.74) is 0.183. The molecule has 0 fully saturated rings. The fourth-order valence-corrected chi connectivity index (χ4v) is 1.93. The van der Waals surface area contributed by atoms with Gasteiger partial charge in [-0.25, -0.2) is 0 Å². The number of fused-ring (bicyclic) bond motifs is 3. The molecule has 3 rings (SSSR count). The molecule has 2 aromatic heterocycles. The predicted molar refractivity (Wildman–Crippen MR) is 62.7 cm³/mol. The molecule has 0 amide bonds. The first kappa shape index (κ1) is 8.91. The van der Waals surface area contributed by atoms with Gasteiger partial charge >= 0.3 is 0 Å². The third-order valence-electron chi connectivity index (χ3n) is 2.64. The van der Waals surface area contributed by atoms with Crippen molar-refractivity contribution in [2.45, 2.75) is 0 Å². The Morgan fingerprint density at radius 2 is 1.69 bits per heavy atom. The minimum absolute atomic E-state index is 0.0961. The van der Waals surface area contributed by atoms with E-state index in [1.54, 1.807) is 18.2 Å². The zero-order valence-corrected chi connectivity index (χ0v) is 8.28. The van der Waals surface area contributed by atoms with Crippen LogP contribution in [0.1, 0.15) is 0 Å². The molecule has 0 unspecified atom stereocenters. The molecule has 4 nitrogen and oxygen atoms in total. The van der Waals surface area contributed by atoms with Crippen LogP contribution >= 0.6 is 0 Å². The predicted octanol–water partition coefficient (Wildman–Crippen LogP) is 1.37. The number of hydrogen-bond acceptors (Lipinski definition) is 2. The van der Waals surface area contributed by atoms with Crippen molar-refractivity contribution in [2.75, 3.05) is 0 Å². The Morgan fingerprint density at radius 1 is 0.938 bits per heavy atom. The van der Waals surface area contributed by atoms with Gasteiger partial charge in [0.2, 0.25) is 0 Å². The van der Waals surface area contributed by atoms with E-state index in [2.05, 4.69) is 9.97 Å². The summed E-state index contributed by atoms with van der Waals surface area (Å²) in [5.74, 6) is 0. The smallest absolute Gasteiger partial charge is 0.257 e. The number of H-pyrrole nitrogens is 2. The molecular formula is C12H8N2O2. The Bertz CT molecular complexity index is 797. The van der Waals surface area contributed by atoms with Gasteiger partial charge in [0, 0.05) is 23.0 Å². The van der Waals surface area contributed by atoms with Crippen molar-refractivity contribution in [3.05, 3.63) is 57.1 Å². The van der Waals surface area contributed by atoms with Crippen LogP contribution in [0.15, 0.2) is 46.1 Å². The quantitative estimate of drug-likeness (QED) is 0.553. The zero-order valence-electron chi connectivity index (χ0n) is 8.28. The van der Waals surface area contributed by atoms with E-state index < -0.39 is 0 Å². The maximum Gasteiger partial charge on any atom is 0.257 e. The van der Waals surface area contributed by atoms with Crippen LogP contribution in [0.25, 0.3) is 21.8 Å². The Labute approximate surface area is 89.6 Å². The fraction of sp³-hybridized carbons (Fsp3) is 0. The van der Waals surface area contributed by atoms with E-state index >= 15 is 0 Å². The second-order valence-electron chi connectivity index (χ2n) is 3.59. The molecule has 0 aliphatic heterocycles. The normalized spacial score (nSPS) is 11.0. The molecule has 0 radical (unpaired) electrons. The van der Waals surface area contributed by atoms with Gasteiger partial charge in [-0.1, -0.05) is 18.2 Å². The molecule has 2 N–H and O–H groups in total. The summed E-state index contributed by atoms with van der Waals surface area (Å²) in [7, 11) is 0. The van der Waals surface area contributed by atoms with Crippen LogP contribution in [0.3, 0.4) is 0 Å². The number of benzene rings is 1. The van der Waals surface area contributed by atoms with Gasteiger partial charge in [0.25, 0.3) is 5.56 Å². The highest BCUT2D eigenvalue weighted by molar-refractivity contribution is 6.03. The van der Waals surface area contributed by atoms with Crippen LogP contribution in [0.4, 0.5) is 0 Å². The molecule has 0 atom stereocenters. The standard InChI is InChI=1S/C12H8N2O2/c15-9-5-6-13-11-10(9)7-3-1-2-4-8(7)12(16)14-11/h1-6H,(H2,13,14,15,16). The fourth-order valence-electron chi connectivity index (χ4n) is 1.93. The topological polar surface area (TPSA) is 65.7 Å². The van der Waals surface area contributed by atoms with Gasteiger partial charge < -0.3 is 9.97 Å². The number of rotatable bonds is 0. The van der Waals surface area contributed by atoms with Crippen LogP contribution < -0.4 is 11.0 Å². The van der Waals surface area contributed by atoms with Crippen molar-refractivity contribution in [2.24, 2.45) is 0 Å². The number of nitrogens with one attached hydrogen (secondary N) is 2. The van der Waals surface area contributed by atoms with Gasteiger partial charge in [-0.3, -0.25) is 9.59 Å². The molecule has 0 spiro atoms. The second kappa shape index (κ2) is 3.06. The van der Waals surface area contributed by atoms with Gasteiger partial charge in [-0.15, -0.1) is 0 Å². The van der Waals surface area contributed by atoms with Crippen LogP contribution in [-0.2, 0) is 0 Å². The third kappa shape index (κ3) is 1.10. The van der Waals surface area contributed by atoms with Crippen molar-refractivity contribution in [1.29, 1.82) is 0 Å². The molecule has 0 aliphatic rings. The van der Waals surface area contributed by atoms with Crippen LogP contribution in [0.2, 0.25) is 0 Å². The first-order valence-electron chi connectivity index (χ1n) is 4.90. The summed E-state index contributed by atoms with van der Waals surface area (Å²) in [5, 5.41) is 1.74. The molecule has 0 aliphatic carbocycles. The Kier molecular flexibility index (Phi) is 1.71. The van der Waals surface area contributed by atoms with Crippen molar-refractivity contribution >= 4 is 21.8 Å². The molecule has 1 aromatic carbocycles. The highest BCUT2D eigenvalue weighted by Crippen LogP contribution is 2.15. The van der Waals surface area contributed by atoms with E-state index in [0.29, 0.717) is 21.8 Å². The monoisotopic (exact) mass is 212 g/mol. The van der Waals surface area contributed by atoms with E-state index in [0.717, 1.165) is 0 Å². The van der Waals surface area contributed by atoms with E-state index in [-0.39, 0.29) is 11.0 Å². The molecule has 3 aromatic rings. The SMILES string of the molecule is O=c1[nH]c2[nH]ccc(=O)c2c2ccccc12. The number of aromatic amines is 2. The highest BCUT2D eigenvalue weighted by atomic mass is 16.1. The maximum absolute atomic E-state index is 11.8. The Balaban J connectivity index is 2.78. The van der Waals surface area contributed by atoms with Crippen LogP contribution in [0.5, 0.6) is 0 Å². The first-order valence-corrected chi connectivity index (χ1v) is 4.90. The van der Waals surface area contributed by atoms with E-state index in [9.17, 15) is 9.59 Å². The van der Waals surface area contributed by atoms with Gasteiger partial charge in [-0.2, -0.15) is 0 Å². The molecule has 2 heterocycles. The Hall–Kier alpha value is -2.36. The highest BCUT2D eigenvalue weighted by Gasteiger charge is 2.06. The number of hydrogen-bond donors (Lipinski definition) is 2. The maximum atomic E-state index is 11.8. The molecule has 78 valence electrons. The lowest BCUT2D eigenvalue weighted by atomic mass is 10.1. The van der Waals surface area contributed by atoms with E-state index in [1.165, 1.54) is 12.3 Å². The van der Waals surface area contributed by atoms with Gasteiger partial charge in [0.05, 0.1) is 5.39 Å². The van der Waals surface area contributed by atoms with Crippen molar-refractivity contribution in [1.82, 2.24) is 9.97 Å². The molecular weight excluding hydrogens is 204 g/mol. The molecule has 16 heavy (non-hydrogen) atoms. The van der Waals surface area contributed by atoms with Crippen molar-refractivity contribution in [3.63, 3.8) is 0 Å². The molecule has 4 heteroatoms. The van der Waals surface area contributed by atoms with Crippen molar-refractivity contribution < 1.29 is 0 Å². The van der Waals surface area contributed by atoms with Crippen LogP contribution in [-0.4, -0.2) is 9.97 Å². The van der Waals surface area contributed by atoms with Gasteiger partial charge in [0.15, 0.2) is 5.43 Å². The summed E-state index contributed by atoms with van der Waals surface area (Å²) < 4.78 is 0. The average Bonchev–Trinajstić information content (AvgIpc) is 2.29. The third-order valence-corrected chi connectivity index (χ3v) is 2.64. The van der Waals surface area contributed by atoms with Crippen LogP contribution in [0, 0.1) is 0 Å². The summed E-state index contributed by atoms with van der Waals surface area (Å²) in [4.78, 5) is 29.0. The second-order valence-corrected chi connectivity index (χ2v) is 3.59. The molecule has 0 bridgehead atoms. The lowest BCUT2D eigenvalue weighted by Crippen LogP contribution is -2.11. The zero-order chi connectivity index (χ0) is 11.1. The molecule has 0 saturated carbocycles. The summed E-state index contributed by atoms with van der Waals surface area (Å²) in [6.45, 7) is 0. The lowest BCUT2D eigenvalue weighted by molar-refractivity contribution is 1.25.